The third-order valence-electron chi connectivity index (χ3n) is 12.6. The van der Waals surface area contributed by atoms with E-state index in [1.54, 1.807) is 0 Å². The van der Waals surface area contributed by atoms with Crippen LogP contribution in [0.1, 0.15) is 26.3 Å². The number of anilines is 3. The van der Waals surface area contributed by atoms with Gasteiger partial charge in [-0.3, -0.25) is 0 Å². The predicted molar refractivity (Wildman–Crippen MR) is 218 cm³/mol. The van der Waals surface area contributed by atoms with E-state index in [0.717, 1.165) is 0 Å². The molecule has 4 aliphatic rings. The smallest absolute Gasteiger partial charge is 0.333 e. The summed E-state index contributed by atoms with van der Waals surface area (Å²) in [6.45, 7) is 7.27. The first-order valence-corrected chi connectivity index (χ1v) is 18.3. The monoisotopic (exact) mass is 647 g/mol. The molecule has 236 valence electrons. The zero-order valence-electron chi connectivity index (χ0n) is 28.7. The molecule has 0 unspecified atom stereocenters. The fourth-order valence-electron chi connectivity index (χ4n) is 10.8. The number of benzene rings is 7. The van der Waals surface area contributed by atoms with E-state index in [2.05, 4.69) is 168 Å². The van der Waals surface area contributed by atoms with Crippen molar-refractivity contribution in [3.8, 4) is 22.3 Å². The van der Waals surface area contributed by atoms with E-state index in [9.17, 15) is 0 Å². The maximum absolute atomic E-state index is 2.71. The molecule has 3 nitrogen and oxygen atoms in total. The Balaban J connectivity index is 1.26. The molecule has 7 aromatic carbocycles. The second-order valence-electron chi connectivity index (χ2n) is 16.0. The predicted octanol–water partition coefficient (Wildman–Crippen LogP) is 8.57. The van der Waals surface area contributed by atoms with Crippen molar-refractivity contribution in [1.29, 1.82) is 0 Å². The van der Waals surface area contributed by atoms with E-state index in [0.29, 0.717) is 0 Å². The fourth-order valence-corrected chi connectivity index (χ4v) is 10.8. The molecule has 51 heavy (non-hydrogen) atoms. The van der Waals surface area contributed by atoms with Gasteiger partial charge in [0.25, 0.3) is 0 Å². The lowest BCUT2D eigenvalue weighted by Gasteiger charge is -2.48. The Morgan fingerprint density at radius 3 is 1.51 bits per heavy atom. The lowest BCUT2D eigenvalue weighted by atomic mass is 9.38. The number of aromatic nitrogens is 2. The van der Waals surface area contributed by atoms with Gasteiger partial charge in [0.2, 0.25) is 0 Å². The second kappa shape index (κ2) is 8.68. The quantitative estimate of drug-likeness (QED) is 0.150. The van der Waals surface area contributed by atoms with Crippen molar-refractivity contribution in [2.24, 2.45) is 0 Å². The van der Waals surface area contributed by atoms with Crippen LogP contribution in [0.4, 0.5) is 17.1 Å². The minimum absolute atomic E-state index is 0.0379. The Morgan fingerprint density at radius 2 is 0.922 bits per heavy atom. The molecule has 0 spiro atoms. The first-order chi connectivity index (χ1) is 25.0. The van der Waals surface area contributed by atoms with Gasteiger partial charge in [-0.1, -0.05) is 130 Å². The first kappa shape index (κ1) is 26.9. The van der Waals surface area contributed by atoms with Crippen molar-refractivity contribution in [3.63, 3.8) is 0 Å². The highest BCUT2D eigenvalue weighted by molar-refractivity contribution is 6.95. The van der Waals surface area contributed by atoms with E-state index in [1.165, 1.54) is 110 Å². The van der Waals surface area contributed by atoms with Crippen molar-refractivity contribution in [1.82, 2.24) is 8.96 Å². The lowest BCUT2D eigenvalue weighted by molar-refractivity contribution is 0.594. The van der Waals surface area contributed by atoms with Crippen molar-refractivity contribution >= 4 is 96.2 Å². The summed E-state index contributed by atoms with van der Waals surface area (Å²) in [6, 6.07) is 51.0. The first-order valence-electron chi connectivity index (χ1n) is 18.3. The van der Waals surface area contributed by atoms with Gasteiger partial charge in [0.05, 0.1) is 0 Å². The molecular weight excluding hydrogens is 616 g/mol. The number of hydrogen-bond donors (Lipinski definition) is 0. The average Bonchev–Trinajstić information content (AvgIpc) is 3.67. The zero-order chi connectivity index (χ0) is 33.5. The van der Waals surface area contributed by atoms with Crippen LogP contribution < -0.4 is 26.8 Å². The molecule has 5 heteroatoms. The topological polar surface area (TPSA) is 13.1 Å². The van der Waals surface area contributed by atoms with Crippen molar-refractivity contribution in [2.45, 2.75) is 26.2 Å². The number of fused-ring (bicyclic) bond motifs is 14. The Hall–Kier alpha value is -5.93. The van der Waals surface area contributed by atoms with Gasteiger partial charge in [0.1, 0.15) is 0 Å². The van der Waals surface area contributed by atoms with Crippen LogP contribution in [0, 0.1) is 0 Å². The largest absolute Gasteiger partial charge is 0.375 e. The zero-order valence-corrected chi connectivity index (χ0v) is 28.7. The summed E-state index contributed by atoms with van der Waals surface area (Å²) in [7, 11) is 0. The number of rotatable bonds is 0. The maximum Gasteiger partial charge on any atom is 0.333 e. The van der Waals surface area contributed by atoms with Crippen LogP contribution in [0.3, 0.4) is 0 Å². The van der Waals surface area contributed by atoms with Gasteiger partial charge in [0.15, 0.2) is 0 Å². The van der Waals surface area contributed by atoms with Crippen LogP contribution in [0.5, 0.6) is 0 Å². The van der Waals surface area contributed by atoms with E-state index < -0.39 is 0 Å². The summed E-state index contributed by atoms with van der Waals surface area (Å²) in [4.78, 5) is 2.66. The molecule has 0 N–H and O–H groups in total. The highest BCUT2D eigenvalue weighted by Gasteiger charge is 2.51. The molecule has 13 rings (SSSR count). The third kappa shape index (κ3) is 2.93. The molecule has 0 fully saturated rings. The van der Waals surface area contributed by atoms with Crippen molar-refractivity contribution in [2.75, 3.05) is 4.90 Å². The van der Waals surface area contributed by atoms with Gasteiger partial charge in [-0.05, 0) is 68.2 Å². The highest BCUT2D eigenvalue weighted by Crippen LogP contribution is 2.49. The third-order valence-corrected chi connectivity index (χ3v) is 12.6. The molecule has 6 heterocycles. The van der Waals surface area contributed by atoms with Gasteiger partial charge >= 0.3 is 13.7 Å². The Bertz CT molecular complexity index is 3090. The number of hydrogen-bond acceptors (Lipinski definition) is 1. The van der Waals surface area contributed by atoms with Crippen LogP contribution in [0.15, 0.2) is 133 Å². The average molecular weight is 647 g/mol. The van der Waals surface area contributed by atoms with Crippen molar-refractivity contribution in [3.05, 3.63) is 139 Å². The molecule has 0 aliphatic carbocycles. The van der Waals surface area contributed by atoms with Gasteiger partial charge < -0.3 is 13.9 Å². The SMILES string of the molecule is CC(C)(C)c1ccc2c3c1B1c4c(cccc4N3c3cccc4c3B2n2c3ccccc3c3cccc-4c32)-c2cccc3c4ccccc4n1c23. The molecule has 0 radical (unpaired) electrons. The lowest BCUT2D eigenvalue weighted by Crippen LogP contribution is -2.65. The van der Waals surface area contributed by atoms with E-state index in [-0.39, 0.29) is 19.1 Å². The van der Waals surface area contributed by atoms with Crippen LogP contribution in [0.25, 0.3) is 65.9 Å². The number of nitrogens with zero attached hydrogens (tertiary/aromatic N) is 3. The van der Waals surface area contributed by atoms with E-state index in [1.807, 2.05) is 0 Å². The van der Waals surface area contributed by atoms with Gasteiger partial charge in [-0.15, -0.1) is 0 Å². The molecule has 0 amide bonds. The summed E-state index contributed by atoms with van der Waals surface area (Å²) in [5.74, 6) is 0. The second-order valence-corrected chi connectivity index (χ2v) is 16.0. The van der Waals surface area contributed by atoms with Gasteiger partial charge in [0, 0.05) is 71.8 Å². The molecule has 4 aliphatic heterocycles. The minimum Gasteiger partial charge on any atom is -0.375 e. The Labute approximate surface area is 296 Å². The van der Waals surface area contributed by atoms with Crippen molar-refractivity contribution < 1.29 is 0 Å². The van der Waals surface area contributed by atoms with Gasteiger partial charge in [-0.25, -0.2) is 0 Å². The molecule has 0 atom stereocenters. The Morgan fingerprint density at radius 1 is 0.431 bits per heavy atom. The maximum atomic E-state index is 2.71. The molecule has 0 bridgehead atoms. The van der Waals surface area contributed by atoms with Crippen LogP contribution in [0.2, 0.25) is 0 Å². The van der Waals surface area contributed by atoms with E-state index in [4.69, 9.17) is 0 Å². The van der Waals surface area contributed by atoms with E-state index >= 15 is 0 Å². The molecular formula is C46H31B2N3. The summed E-state index contributed by atoms with van der Waals surface area (Å²) >= 11 is 0. The van der Waals surface area contributed by atoms with Crippen LogP contribution in [-0.4, -0.2) is 22.7 Å². The molecule has 0 saturated heterocycles. The summed E-state index contributed by atoms with van der Waals surface area (Å²) in [6.07, 6.45) is 0. The standard InChI is InChI=1S/C46H31B2N3/c1-46(2,3)34-24-25-35-45-42(34)48-41-29(33-19-9-17-31-27-13-5-7-21-37(27)51(48)44(31)33)15-11-23-39(41)49(45)38-22-10-14-28-32-18-8-16-30-26-12-4-6-20-36(26)50(43(30)32)47(35)40(28)38/h4-25H,1-3H3. The van der Waals surface area contributed by atoms with Gasteiger partial charge in [-0.2, -0.15) is 0 Å². The normalized spacial score (nSPS) is 14.5. The summed E-state index contributed by atoms with van der Waals surface area (Å²) < 4.78 is 5.39. The number of para-hydroxylation sites is 4. The minimum atomic E-state index is -0.0732. The summed E-state index contributed by atoms with van der Waals surface area (Å²) in [5.41, 5.74) is 21.6. The molecule has 9 aromatic rings. The van der Waals surface area contributed by atoms with Crippen LogP contribution >= 0.6 is 0 Å². The highest BCUT2D eigenvalue weighted by atomic mass is 15.2. The van der Waals surface area contributed by atoms with Crippen LogP contribution in [-0.2, 0) is 5.41 Å². The fraction of sp³-hybridized carbons (Fsp3) is 0.0870. The summed E-state index contributed by atoms with van der Waals surface area (Å²) in [5, 5.41) is 5.32. The molecule has 2 aromatic heterocycles. The Kier molecular flexibility index (Phi) is 4.57. The molecule has 0 saturated carbocycles.